The van der Waals surface area contributed by atoms with Crippen LogP contribution >= 0.6 is 23.4 Å². The maximum absolute atomic E-state index is 8.85. The van der Waals surface area contributed by atoms with E-state index in [0.717, 1.165) is 9.79 Å². The molecule has 0 fully saturated rings. The van der Waals surface area contributed by atoms with Crippen molar-refractivity contribution in [2.75, 3.05) is 0 Å². The molecule has 0 atom stereocenters. The fourth-order valence-corrected chi connectivity index (χ4v) is 3.08. The van der Waals surface area contributed by atoms with E-state index >= 15 is 0 Å². The zero-order valence-electron chi connectivity index (χ0n) is 11.2. The smallest absolute Gasteiger partial charge is 0.171 e. The molecule has 2 aromatic rings. The molecule has 0 heterocycles. The van der Waals surface area contributed by atoms with Crippen molar-refractivity contribution < 1.29 is 5.21 Å². The molecule has 0 radical (unpaired) electrons. The summed E-state index contributed by atoms with van der Waals surface area (Å²) in [6, 6.07) is 11.5. The van der Waals surface area contributed by atoms with E-state index in [1.54, 1.807) is 12.1 Å². The van der Waals surface area contributed by atoms with Gasteiger partial charge in [-0.2, -0.15) is 0 Å². The number of amidine groups is 1. The van der Waals surface area contributed by atoms with Crippen molar-refractivity contribution in [3.63, 3.8) is 0 Å². The lowest BCUT2D eigenvalue weighted by atomic mass is 10.1. The van der Waals surface area contributed by atoms with Crippen LogP contribution in [0.2, 0.25) is 5.02 Å². The van der Waals surface area contributed by atoms with E-state index in [2.05, 4.69) is 31.1 Å². The number of aryl methyl sites for hydroxylation is 2. The minimum absolute atomic E-state index is 0.0769. The molecule has 3 N–H and O–H groups in total. The van der Waals surface area contributed by atoms with Crippen molar-refractivity contribution >= 4 is 29.2 Å². The summed E-state index contributed by atoms with van der Waals surface area (Å²) in [4.78, 5) is 1.94. The first kappa shape index (κ1) is 14.8. The topological polar surface area (TPSA) is 58.6 Å². The summed E-state index contributed by atoms with van der Waals surface area (Å²) in [6.45, 7) is 4.15. The molecule has 2 rings (SSSR count). The minimum atomic E-state index is 0.0769. The summed E-state index contributed by atoms with van der Waals surface area (Å²) in [5.41, 5.74) is 8.83. The molecule has 3 nitrogen and oxygen atoms in total. The van der Waals surface area contributed by atoms with E-state index in [1.165, 1.54) is 22.9 Å². The van der Waals surface area contributed by atoms with E-state index < -0.39 is 0 Å². The fraction of sp³-hybridized carbons (Fsp3) is 0.133. The van der Waals surface area contributed by atoms with Gasteiger partial charge in [-0.05, 0) is 55.3 Å². The van der Waals surface area contributed by atoms with Crippen molar-refractivity contribution in [2.24, 2.45) is 10.9 Å². The number of rotatable bonds is 3. The average Bonchev–Trinajstić information content (AvgIpc) is 2.42. The minimum Gasteiger partial charge on any atom is -0.409 e. The van der Waals surface area contributed by atoms with Gasteiger partial charge in [0, 0.05) is 20.4 Å². The van der Waals surface area contributed by atoms with E-state index in [0.29, 0.717) is 10.6 Å². The average molecular weight is 307 g/mol. The van der Waals surface area contributed by atoms with Crippen molar-refractivity contribution in [3.05, 3.63) is 58.1 Å². The molecular formula is C15H15ClN2OS. The van der Waals surface area contributed by atoms with Gasteiger partial charge in [0.15, 0.2) is 5.84 Å². The first-order chi connectivity index (χ1) is 9.51. The number of halogens is 1. The molecule has 0 saturated heterocycles. The Balaban J connectivity index is 2.41. The third-order valence-electron chi connectivity index (χ3n) is 3.03. The van der Waals surface area contributed by atoms with Gasteiger partial charge < -0.3 is 10.9 Å². The molecule has 0 saturated carbocycles. The zero-order chi connectivity index (χ0) is 14.7. The normalized spacial score (nSPS) is 11.7. The van der Waals surface area contributed by atoms with Gasteiger partial charge in [-0.15, -0.1) is 0 Å². The Kier molecular flexibility index (Phi) is 4.57. The molecule has 0 spiro atoms. The summed E-state index contributed by atoms with van der Waals surface area (Å²) < 4.78 is 0. The van der Waals surface area contributed by atoms with Crippen molar-refractivity contribution in [2.45, 2.75) is 23.6 Å². The van der Waals surface area contributed by atoms with Crippen LogP contribution in [0.3, 0.4) is 0 Å². The van der Waals surface area contributed by atoms with Crippen LogP contribution in [0.1, 0.15) is 16.7 Å². The third kappa shape index (κ3) is 3.26. The van der Waals surface area contributed by atoms with E-state index in [-0.39, 0.29) is 5.84 Å². The number of hydrogen-bond donors (Lipinski definition) is 2. The molecule has 0 amide bonds. The Morgan fingerprint density at radius 2 is 1.90 bits per heavy atom. The highest BCUT2D eigenvalue weighted by molar-refractivity contribution is 7.99. The molecule has 0 bridgehead atoms. The SMILES string of the molecule is Cc1ccc(Sc2cc(Cl)ccc2C(N)=NO)cc1C. The first-order valence-corrected chi connectivity index (χ1v) is 7.23. The lowest BCUT2D eigenvalue weighted by Gasteiger charge is -2.10. The van der Waals surface area contributed by atoms with Crippen molar-refractivity contribution in [1.82, 2.24) is 0 Å². The summed E-state index contributed by atoms with van der Waals surface area (Å²) in [5, 5.41) is 12.5. The van der Waals surface area contributed by atoms with Crippen LogP contribution in [0.15, 0.2) is 51.3 Å². The highest BCUT2D eigenvalue weighted by atomic mass is 35.5. The van der Waals surface area contributed by atoms with Crippen LogP contribution in [-0.4, -0.2) is 11.0 Å². The molecule has 0 aromatic heterocycles. The Hall–Kier alpha value is -1.65. The monoisotopic (exact) mass is 306 g/mol. The number of nitrogens with zero attached hydrogens (tertiary/aromatic N) is 1. The maximum Gasteiger partial charge on any atom is 0.171 e. The Morgan fingerprint density at radius 3 is 2.55 bits per heavy atom. The molecule has 104 valence electrons. The lowest BCUT2D eigenvalue weighted by Crippen LogP contribution is -2.14. The number of hydrogen-bond acceptors (Lipinski definition) is 3. The second-order valence-corrected chi connectivity index (χ2v) is 6.03. The van der Waals surface area contributed by atoms with Crippen LogP contribution in [-0.2, 0) is 0 Å². The molecule has 0 aliphatic rings. The quantitative estimate of drug-likeness (QED) is 0.387. The van der Waals surface area contributed by atoms with Gasteiger partial charge >= 0.3 is 0 Å². The Labute approximate surface area is 127 Å². The number of benzene rings is 2. The van der Waals surface area contributed by atoms with Gasteiger partial charge in [-0.1, -0.05) is 34.6 Å². The van der Waals surface area contributed by atoms with Gasteiger partial charge in [0.1, 0.15) is 0 Å². The fourth-order valence-electron chi connectivity index (χ4n) is 1.75. The zero-order valence-corrected chi connectivity index (χ0v) is 12.8. The molecule has 2 aromatic carbocycles. The van der Waals surface area contributed by atoms with Crippen molar-refractivity contribution in [3.8, 4) is 0 Å². The van der Waals surface area contributed by atoms with E-state index in [1.807, 2.05) is 12.1 Å². The highest BCUT2D eigenvalue weighted by Crippen LogP contribution is 2.33. The molecule has 0 aliphatic heterocycles. The van der Waals surface area contributed by atoms with E-state index in [9.17, 15) is 0 Å². The largest absolute Gasteiger partial charge is 0.409 e. The first-order valence-electron chi connectivity index (χ1n) is 6.04. The summed E-state index contributed by atoms with van der Waals surface area (Å²) in [5.74, 6) is 0.0769. The van der Waals surface area contributed by atoms with Crippen LogP contribution in [0.4, 0.5) is 0 Å². The standard InChI is InChI=1S/C15H15ClN2OS/c1-9-3-5-12(7-10(9)2)20-14-8-11(16)4-6-13(14)15(17)18-19/h3-8,19H,1-2H3,(H2,17,18). The van der Waals surface area contributed by atoms with Crippen LogP contribution in [0, 0.1) is 13.8 Å². The highest BCUT2D eigenvalue weighted by Gasteiger charge is 2.10. The van der Waals surface area contributed by atoms with Gasteiger partial charge in [0.2, 0.25) is 0 Å². The summed E-state index contributed by atoms with van der Waals surface area (Å²) >= 11 is 7.57. The Bertz CT molecular complexity index is 671. The van der Waals surface area contributed by atoms with Crippen LogP contribution < -0.4 is 5.73 Å². The number of oxime groups is 1. The lowest BCUT2D eigenvalue weighted by molar-refractivity contribution is 0.318. The van der Waals surface area contributed by atoms with E-state index in [4.69, 9.17) is 22.5 Å². The molecule has 20 heavy (non-hydrogen) atoms. The maximum atomic E-state index is 8.85. The van der Waals surface area contributed by atoms with Crippen LogP contribution in [0.5, 0.6) is 0 Å². The van der Waals surface area contributed by atoms with Gasteiger partial charge in [-0.25, -0.2) is 0 Å². The van der Waals surface area contributed by atoms with Gasteiger partial charge in [0.25, 0.3) is 0 Å². The second-order valence-electron chi connectivity index (χ2n) is 4.47. The summed E-state index contributed by atoms with van der Waals surface area (Å²) in [6.07, 6.45) is 0. The van der Waals surface area contributed by atoms with Gasteiger partial charge in [0.05, 0.1) is 0 Å². The predicted molar refractivity (Wildman–Crippen MR) is 84.0 cm³/mol. The summed E-state index contributed by atoms with van der Waals surface area (Å²) in [7, 11) is 0. The predicted octanol–water partition coefficient (Wildman–Crippen LogP) is 4.20. The Morgan fingerprint density at radius 1 is 1.15 bits per heavy atom. The van der Waals surface area contributed by atoms with Crippen LogP contribution in [0.25, 0.3) is 0 Å². The third-order valence-corrected chi connectivity index (χ3v) is 4.32. The molecule has 0 unspecified atom stereocenters. The van der Waals surface area contributed by atoms with Gasteiger partial charge in [-0.3, -0.25) is 0 Å². The number of nitrogens with two attached hydrogens (primary N) is 1. The molecule has 0 aliphatic carbocycles. The second kappa shape index (κ2) is 6.20. The molecular weight excluding hydrogens is 292 g/mol. The van der Waals surface area contributed by atoms with Crippen molar-refractivity contribution in [1.29, 1.82) is 0 Å². The molecule has 5 heteroatoms.